The van der Waals surface area contributed by atoms with Crippen molar-refractivity contribution < 1.29 is 4.74 Å². The number of nitrogen functional groups attached to an aromatic ring is 1. The van der Waals surface area contributed by atoms with Crippen LogP contribution in [0.5, 0.6) is 5.75 Å². The molecule has 0 aliphatic rings. The first-order valence-electron chi connectivity index (χ1n) is 5.65. The zero-order chi connectivity index (χ0) is 13.0. The number of anilines is 1. The molecule has 2 N–H and O–H groups in total. The van der Waals surface area contributed by atoms with Crippen molar-refractivity contribution in [3.05, 3.63) is 59.7 Å². The predicted octanol–water partition coefficient (Wildman–Crippen LogP) is 2.93. The lowest BCUT2D eigenvalue weighted by Crippen LogP contribution is -2.04. The molecule has 2 rings (SSSR count). The Morgan fingerprint density at radius 1 is 1.06 bits per heavy atom. The maximum absolute atomic E-state index is 9.42. The summed E-state index contributed by atoms with van der Waals surface area (Å²) in [6.07, 6.45) is 0. The second-order valence-electron chi connectivity index (χ2n) is 3.93. The fourth-order valence-corrected chi connectivity index (χ4v) is 1.99. The van der Waals surface area contributed by atoms with Crippen LogP contribution in [0.2, 0.25) is 0 Å². The number of rotatable bonds is 3. The molecular weight excluding hydrogens is 224 g/mol. The molecule has 0 saturated carbocycles. The summed E-state index contributed by atoms with van der Waals surface area (Å²) < 4.78 is 5.30. The zero-order valence-corrected chi connectivity index (χ0v) is 10.1. The van der Waals surface area contributed by atoms with Crippen LogP contribution in [0.25, 0.3) is 0 Å². The highest BCUT2D eigenvalue weighted by atomic mass is 16.5. The highest BCUT2D eigenvalue weighted by Crippen LogP contribution is 2.33. The number of methoxy groups -OCH3 is 1. The van der Waals surface area contributed by atoms with E-state index in [4.69, 9.17) is 10.5 Å². The third kappa shape index (κ3) is 2.14. The second-order valence-corrected chi connectivity index (χ2v) is 3.93. The molecule has 0 bridgehead atoms. The van der Waals surface area contributed by atoms with Crippen LogP contribution < -0.4 is 10.5 Å². The van der Waals surface area contributed by atoms with Gasteiger partial charge in [-0.3, -0.25) is 0 Å². The molecule has 2 aromatic rings. The van der Waals surface area contributed by atoms with Crippen LogP contribution in [0, 0.1) is 11.3 Å². The van der Waals surface area contributed by atoms with Gasteiger partial charge in [-0.1, -0.05) is 36.4 Å². The van der Waals surface area contributed by atoms with Crippen LogP contribution in [-0.2, 0) is 0 Å². The number of hydrogen-bond donors (Lipinski definition) is 1. The minimum atomic E-state index is -0.414. The van der Waals surface area contributed by atoms with Gasteiger partial charge in [-0.15, -0.1) is 0 Å². The molecule has 18 heavy (non-hydrogen) atoms. The highest BCUT2D eigenvalue weighted by molar-refractivity contribution is 5.56. The molecule has 3 heteroatoms. The lowest BCUT2D eigenvalue weighted by molar-refractivity contribution is 0.409. The Kier molecular flexibility index (Phi) is 3.49. The zero-order valence-electron chi connectivity index (χ0n) is 10.1. The van der Waals surface area contributed by atoms with Gasteiger partial charge in [0.15, 0.2) is 0 Å². The Morgan fingerprint density at radius 2 is 1.67 bits per heavy atom. The summed E-state index contributed by atoms with van der Waals surface area (Å²) in [5, 5.41) is 9.42. The van der Waals surface area contributed by atoms with Crippen molar-refractivity contribution in [2.75, 3.05) is 12.8 Å². The topological polar surface area (TPSA) is 59.0 Å². The van der Waals surface area contributed by atoms with Crippen molar-refractivity contribution >= 4 is 5.69 Å². The summed E-state index contributed by atoms with van der Waals surface area (Å²) in [6, 6.07) is 17.2. The van der Waals surface area contributed by atoms with Gasteiger partial charge in [0.05, 0.1) is 13.2 Å². The molecule has 0 fully saturated rings. The first kappa shape index (κ1) is 12.0. The monoisotopic (exact) mass is 238 g/mol. The summed E-state index contributed by atoms with van der Waals surface area (Å²) in [5.74, 6) is 0.287. The smallest absolute Gasteiger partial charge is 0.123 e. The van der Waals surface area contributed by atoms with E-state index in [-0.39, 0.29) is 0 Å². The third-order valence-corrected chi connectivity index (χ3v) is 2.89. The Morgan fingerprint density at radius 3 is 2.28 bits per heavy atom. The molecule has 90 valence electrons. The van der Waals surface area contributed by atoms with Crippen LogP contribution in [0.15, 0.2) is 48.5 Å². The molecule has 1 unspecified atom stereocenters. The van der Waals surface area contributed by atoms with E-state index < -0.39 is 5.92 Å². The standard InChI is InChI=1S/C15H14N2O/c1-18-15-9-5-3-7-12(15)13(10-16)11-6-2-4-8-14(11)17/h2-9,13H,17H2,1H3. The molecule has 0 aliphatic carbocycles. The fraction of sp³-hybridized carbons (Fsp3) is 0.133. The van der Waals surface area contributed by atoms with Crippen LogP contribution in [0.3, 0.4) is 0 Å². The van der Waals surface area contributed by atoms with E-state index in [9.17, 15) is 5.26 Å². The van der Waals surface area contributed by atoms with Crippen LogP contribution in [0.4, 0.5) is 5.69 Å². The van der Waals surface area contributed by atoms with E-state index in [1.165, 1.54) is 0 Å². The third-order valence-electron chi connectivity index (χ3n) is 2.89. The summed E-state index contributed by atoms with van der Waals surface area (Å²) >= 11 is 0. The molecule has 1 atom stereocenters. The van der Waals surface area contributed by atoms with Gasteiger partial charge in [-0.05, 0) is 17.7 Å². The normalized spacial score (nSPS) is 11.6. The average Bonchev–Trinajstić information content (AvgIpc) is 2.42. The van der Waals surface area contributed by atoms with Crippen LogP contribution >= 0.6 is 0 Å². The SMILES string of the molecule is COc1ccccc1C(C#N)c1ccccc1N. The average molecular weight is 238 g/mol. The maximum atomic E-state index is 9.42. The fourth-order valence-electron chi connectivity index (χ4n) is 1.99. The lowest BCUT2D eigenvalue weighted by atomic mass is 9.91. The molecule has 0 aromatic heterocycles. The summed E-state index contributed by atoms with van der Waals surface area (Å²) in [7, 11) is 1.60. The number of ether oxygens (including phenoxy) is 1. The quantitative estimate of drug-likeness (QED) is 0.836. The van der Waals surface area contributed by atoms with Gasteiger partial charge in [0.25, 0.3) is 0 Å². The molecule has 0 saturated heterocycles. The molecule has 0 amide bonds. The Labute approximate surface area is 106 Å². The van der Waals surface area contributed by atoms with E-state index >= 15 is 0 Å². The largest absolute Gasteiger partial charge is 0.496 e. The van der Waals surface area contributed by atoms with Crippen molar-refractivity contribution in [2.45, 2.75) is 5.92 Å². The predicted molar refractivity (Wildman–Crippen MR) is 71.3 cm³/mol. The first-order valence-corrected chi connectivity index (χ1v) is 5.65. The Bertz CT molecular complexity index is 587. The van der Waals surface area contributed by atoms with Gasteiger partial charge < -0.3 is 10.5 Å². The number of nitriles is 1. The summed E-state index contributed by atoms with van der Waals surface area (Å²) in [4.78, 5) is 0. The number of nitrogens with two attached hydrogens (primary N) is 1. The lowest BCUT2D eigenvalue weighted by Gasteiger charge is -2.15. The van der Waals surface area contributed by atoms with Crippen molar-refractivity contribution in [2.24, 2.45) is 0 Å². The van der Waals surface area contributed by atoms with Gasteiger partial charge >= 0.3 is 0 Å². The van der Waals surface area contributed by atoms with Crippen molar-refractivity contribution in [3.8, 4) is 11.8 Å². The highest BCUT2D eigenvalue weighted by Gasteiger charge is 2.19. The minimum absolute atomic E-state index is 0.414. The van der Waals surface area contributed by atoms with E-state index in [1.807, 2.05) is 42.5 Å². The molecule has 0 spiro atoms. The summed E-state index contributed by atoms with van der Waals surface area (Å²) in [5.41, 5.74) is 8.20. The van der Waals surface area contributed by atoms with Crippen molar-refractivity contribution in [1.29, 1.82) is 5.26 Å². The molecule has 2 aromatic carbocycles. The number of hydrogen-bond acceptors (Lipinski definition) is 3. The van der Waals surface area contributed by atoms with E-state index in [2.05, 4.69) is 6.07 Å². The molecule has 0 heterocycles. The molecule has 3 nitrogen and oxygen atoms in total. The molecule has 0 aliphatic heterocycles. The number of para-hydroxylation sites is 2. The van der Waals surface area contributed by atoms with E-state index in [0.29, 0.717) is 11.4 Å². The summed E-state index contributed by atoms with van der Waals surface area (Å²) in [6.45, 7) is 0. The van der Waals surface area contributed by atoms with Crippen molar-refractivity contribution in [1.82, 2.24) is 0 Å². The van der Waals surface area contributed by atoms with E-state index in [0.717, 1.165) is 11.1 Å². The second kappa shape index (κ2) is 5.24. The van der Waals surface area contributed by atoms with Gasteiger partial charge in [-0.25, -0.2) is 0 Å². The maximum Gasteiger partial charge on any atom is 0.123 e. The van der Waals surface area contributed by atoms with Crippen LogP contribution in [-0.4, -0.2) is 7.11 Å². The Balaban J connectivity index is 2.54. The van der Waals surface area contributed by atoms with E-state index in [1.54, 1.807) is 13.2 Å². The van der Waals surface area contributed by atoms with Crippen LogP contribution in [0.1, 0.15) is 17.0 Å². The number of nitrogens with zero attached hydrogens (tertiary/aromatic N) is 1. The van der Waals surface area contributed by atoms with Gasteiger partial charge in [0.1, 0.15) is 11.7 Å². The van der Waals surface area contributed by atoms with Gasteiger partial charge in [0, 0.05) is 11.3 Å². The number of benzene rings is 2. The molecular formula is C15H14N2O. The Hall–Kier alpha value is -2.47. The van der Waals surface area contributed by atoms with Gasteiger partial charge in [-0.2, -0.15) is 5.26 Å². The first-order chi connectivity index (χ1) is 8.77. The van der Waals surface area contributed by atoms with Crippen molar-refractivity contribution in [3.63, 3.8) is 0 Å². The minimum Gasteiger partial charge on any atom is -0.496 e. The van der Waals surface area contributed by atoms with Gasteiger partial charge in [0.2, 0.25) is 0 Å². The molecule has 0 radical (unpaired) electrons.